The van der Waals surface area contributed by atoms with E-state index in [1.165, 1.54) is 116 Å². The standard InChI is InChI=1S/C33H65NO4/c1-3-5-7-9-11-13-14-15-16-17-19-20-22-24-26-30(36)28-33(38)34-31(29-35)32(37)27-25-23-21-18-12-10-8-6-4-2/h25,27,30-32,35-37H,3-24,26,28-29H2,1-2H3,(H,34,38)/b27-25+. The summed E-state index contributed by atoms with van der Waals surface area (Å²) in [5.74, 6) is -0.318. The summed E-state index contributed by atoms with van der Waals surface area (Å²) >= 11 is 0. The van der Waals surface area contributed by atoms with Gasteiger partial charge >= 0.3 is 0 Å². The number of amides is 1. The molecule has 3 atom stereocenters. The first-order valence-corrected chi connectivity index (χ1v) is 16.5. The van der Waals surface area contributed by atoms with Crippen molar-refractivity contribution in [3.8, 4) is 0 Å². The quantitative estimate of drug-likeness (QED) is 0.0570. The van der Waals surface area contributed by atoms with Gasteiger partial charge < -0.3 is 20.6 Å². The number of hydrogen-bond acceptors (Lipinski definition) is 4. The zero-order valence-electron chi connectivity index (χ0n) is 25.3. The Bertz CT molecular complexity index is 525. The van der Waals surface area contributed by atoms with E-state index in [1.54, 1.807) is 6.08 Å². The number of nitrogens with one attached hydrogen (secondary N) is 1. The topological polar surface area (TPSA) is 89.8 Å². The van der Waals surface area contributed by atoms with Crippen LogP contribution >= 0.6 is 0 Å². The van der Waals surface area contributed by atoms with Crippen molar-refractivity contribution in [1.29, 1.82) is 0 Å². The first kappa shape index (κ1) is 37.1. The van der Waals surface area contributed by atoms with E-state index in [0.717, 1.165) is 25.7 Å². The molecule has 5 nitrogen and oxygen atoms in total. The second kappa shape index (κ2) is 29.1. The first-order chi connectivity index (χ1) is 18.5. The van der Waals surface area contributed by atoms with Crippen LogP contribution in [0.3, 0.4) is 0 Å². The van der Waals surface area contributed by atoms with Crippen molar-refractivity contribution in [2.75, 3.05) is 6.61 Å². The summed E-state index contributed by atoms with van der Waals surface area (Å²) < 4.78 is 0. The summed E-state index contributed by atoms with van der Waals surface area (Å²) in [6.07, 6.45) is 30.5. The summed E-state index contributed by atoms with van der Waals surface area (Å²) in [4.78, 5) is 12.3. The van der Waals surface area contributed by atoms with Crippen LogP contribution in [-0.4, -0.2) is 46.1 Å². The maximum atomic E-state index is 12.3. The van der Waals surface area contributed by atoms with E-state index in [2.05, 4.69) is 19.2 Å². The molecule has 38 heavy (non-hydrogen) atoms. The largest absolute Gasteiger partial charge is 0.394 e. The molecule has 4 N–H and O–H groups in total. The number of allylic oxidation sites excluding steroid dienone is 1. The molecule has 0 aliphatic carbocycles. The molecule has 5 heteroatoms. The van der Waals surface area contributed by atoms with Crippen LogP contribution in [0.1, 0.15) is 168 Å². The summed E-state index contributed by atoms with van der Waals surface area (Å²) in [5.41, 5.74) is 0. The number of aliphatic hydroxyl groups excluding tert-OH is 3. The van der Waals surface area contributed by atoms with Gasteiger partial charge in [-0.2, -0.15) is 0 Å². The molecule has 0 heterocycles. The van der Waals surface area contributed by atoms with Gasteiger partial charge in [0.15, 0.2) is 0 Å². The van der Waals surface area contributed by atoms with Gasteiger partial charge in [-0.05, 0) is 19.3 Å². The summed E-state index contributed by atoms with van der Waals surface area (Å²) in [7, 11) is 0. The maximum Gasteiger partial charge on any atom is 0.222 e. The molecule has 0 rings (SSSR count). The fraction of sp³-hybridized carbons (Fsp3) is 0.909. The summed E-state index contributed by atoms with van der Waals surface area (Å²) in [6.45, 7) is 4.16. The van der Waals surface area contributed by atoms with Crippen LogP contribution < -0.4 is 5.32 Å². The third-order valence-electron chi connectivity index (χ3n) is 7.57. The zero-order chi connectivity index (χ0) is 28.1. The van der Waals surface area contributed by atoms with Gasteiger partial charge in [0, 0.05) is 0 Å². The Hall–Kier alpha value is -0.910. The normalized spacial score (nSPS) is 14.1. The second-order valence-corrected chi connectivity index (χ2v) is 11.4. The van der Waals surface area contributed by atoms with Crippen LogP contribution in [0.2, 0.25) is 0 Å². The molecule has 0 aromatic rings. The molecule has 0 aromatic carbocycles. The highest BCUT2D eigenvalue weighted by Crippen LogP contribution is 2.14. The average molecular weight is 540 g/mol. The van der Waals surface area contributed by atoms with Crippen LogP contribution in [0.4, 0.5) is 0 Å². The van der Waals surface area contributed by atoms with Crippen molar-refractivity contribution >= 4 is 5.91 Å². The molecule has 0 saturated heterocycles. The fourth-order valence-corrected chi connectivity index (χ4v) is 4.98. The van der Waals surface area contributed by atoms with E-state index >= 15 is 0 Å². The average Bonchev–Trinajstić information content (AvgIpc) is 2.90. The fourth-order valence-electron chi connectivity index (χ4n) is 4.98. The predicted octanol–water partition coefficient (Wildman–Crippen LogP) is 8.14. The molecule has 0 radical (unpaired) electrons. The Balaban J connectivity index is 3.74. The summed E-state index contributed by atoms with van der Waals surface area (Å²) in [6, 6.07) is -0.735. The Labute approximate surface area is 236 Å². The van der Waals surface area contributed by atoms with Gasteiger partial charge in [0.05, 0.1) is 31.3 Å². The van der Waals surface area contributed by atoms with Crippen molar-refractivity contribution in [1.82, 2.24) is 5.32 Å². The van der Waals surface area contributed by atoms with Crippen molar-refractivity contribution in [2.45, 2.75) is 186 Å². The molecule has 0 aromatic heterocycles. The number of unbranched alkanes of at least 4 members (excludes halogenated alkanes) is 20. The van der Waals surface area contributed by atoms with Crippen LogP contribution in [0.5, 0.6) is 0 Å². The lowest BCUT2D eigenvalue weighted by Gasteiger charge is -2.21. The molecule has 0 saturated carbocycles. The van der Waals surface area contributed by atoms with Crippen molar-refractivity contribution in [3.63, 3.8) is 0 Å². The van der Waals surface area contributed by atoms with Gasteiger partial charge in [-0.25, -0.2) is 0 Å². The molecular weight excluding hydrogens is 474 g/mol. The van der Waals surface area contributed by atoms with Gasteiger partial charge in [0.1, 0.15) is 0 Å². The van der Waals surface area contributed by atoms with E-state index < -0.39 is 18.2 Å². The van der Waals surface area contributed by atoms with Crippen molar-refractivity contribution in [2.24, 2.45) is 0 Å². The highest BCUT2D eigenvalue weighted by atomic mass is 16.3. The maximum absolute atomic E-state index is 12.3. The molecule has 0 aliphatic rings. The highest BCUT2D eigenvalue weighted by molar-refractivity contribution is 5.76. The lowest BCUT2D eigenvalue weighted by Crippen LogP contribution is -2.45. The lowest BCUT2D eigenvalue weighted by molar-refractivity contribution is -0.124. The van der Waals surface area contributed by atoms with Crippen molar-refractivity contribution < 1.29 is 20.1 Å². The van der Waals surface area contributed by atoms with E-state index in [4.69, 9.17) is 0 Å². The Morgan fingerprint density at radius 3 is 1.53 bits per heavy atom. The van der Waals surface area contributed by atoms with Crippen LogP contribution in [-0.2, 0) is 4.79 Å². The molecule has 0 spiro atoms. The molecule has 1 amide bonds. The van der Waals surface area contributed by atoms with Gasteiger partial charge in [-0.15, -0.1) is 0 Å². The zero-order valence-corrected chi connectivity index (χ0v) is 25.3. The van der Waals surface area contributed by atoms with E-state index in [0.29, 0.717) is 6.42 Å². The van der Waals surface area contributed by atoms with Crippen LogP contribution in [0, 0.1) is 0 Å². The number of carbonyl (C=O) groups excluding carboxylic acids is 1. The smallest absolute Gasteiger partial charge is 0.222 e. The Morgan fingerprint density at radius 2 is 1.08 bits per heavy atom. The van der Waals surface area contributed by atoms with E-state index in [1.807, 2.05) is 6.08 Å². The van der Waals surface area contributed by atoms with Gasteiger partial charge in [0.2, 0.25) is 5.91 Å². The van der Waals surface area contributed by atoms with Crippen LogP contribution in [0.15, 0.2) is 12.2 Å². The third-order valence-corrected chi connectivity index (χ3v) is 7.57. The van der Waals surface area contributed by atoms with Crippen molar-refractivity contribution in [3.05, 3.63) is 12.2 Å². The molecular formula is C33H65NO4. The van der Waals surface area contributed by atoms with Gasteiger partial charge in [-0.3, -0.25) is 4.79 Å². The monoisotopic (exact) mass is 539 g/mol. The van der Waals surface area contributed by atoms with Crippen LogP contribution in [0.25, 0.3) is 0 Å². The SMILES string of the molecule is CCCCCCCCC/C=C/C(O)C(CO)NC(=O)CC(O)CCCCCCCCCCCCCCCC. The summed E-state index contributed by atoms with van der Waals surface area (Å²) in [5, 5.41) is 32.8. The first-order valence-electron chi connectivity index (χ1n) is 16.5. The number of aliphatic hydroxyl groups is 3. The molecule has 226 valence electrons. The molecule has 0 fully saturated rings. The molecule has 3 unspecified atom stereocenters. The number of hydrogen-bond donors (Lipinski definition) is 4. The number of rotatable bonds is 29. The lowest BCUT2D eigenvalue weighted by atomic mass is 10.0. The molecule has 0 bridgehead atoms. The van der Waals surface area contributed by atoms with Gasteiger partial charge in [-0.1, -0.05) is 154 Å². The number of carbonyl (C=O) groups is 1. The molecule has 0 aliphatic heterocycles. The minimum atomic E-state index is -0.920. The van der Waals surface area contributed by atoms with Gasteiger partial charge in [0.25, 0.3) is 0 Å². The third kappa shape index (κ3) is 25.4. The minimum absolute atomic E-state index is 0.0173. The van der Waals surface area contributed by atoms with E-state index in [-0.39, 0.29) is 18.9 Å². The highest BCUT2D eigenvalue weighted by Gasteiger charge is 2.20. The van der Waals surface area contributed by atoms with E-state index in [9.17, 15) is 20.1 Å². The Kier molecular flexibility index (Phi) is 28.4. The second-order valence-electron chi connectivity index (χ2n) is 11.4. The Morgan fingerprint density at radius 1 is 0.658 bits per heavy atom. The minimum Gasteiger partial charge on any atom is -0.394 e. The predicted molar refractivity (Wildman–Crippen MR) is 162 cm³/mol.